The lowest BCUT2D eigenvalue weighted by molar-refractivity contribution is 0.291. The van der Waals surface area contributed by atoms with E-state index in [1.165, 1.54) is 6.42 Å². The Morgan fingerprint density at radius 3 is 3.00 bits per heavy atom. The summed E-state index contributed by atoms with van der Waals surface area (Å²) >= 11 is 0. The zero-order valence-electron chi connectivity index (χ0n) is 13.4. The number of methoxy groups -OCH3 is 1. The Kier molecular flexibility index (Phi) is 3.76. The highest BCUT2D eigenvalue weighted by Crippen LogP contribution is 2.35. The van der Waals surface area contributed by atoms with Crippen molar-refractivity contribution in [3.63, 3.8) is 0 Å². The van der Waals surface area contributed by atoms with Crippen LogP contribution in [0.25, 0.3) is 10.9 Å². The molecule has 1 aliphatic rings. The number of aryl methyl sites for hydroxylation is 2. The molecular weight excluding hydrogens is 308 g/mol. The average Bonchev–Trinajstić information content (AvgIpc) is 3.01. The zero-order chi connectivity index (χ0) is 16.5. The number of benzene rings is 1. The Balaban J connectivity index is 1.54. The summed E-state index contributed by atoms with van der Waals surface area (Å²) in [6.07, 6.45) is 5.57. The minimum atomic E-state index is -0.0957. The molecule has 1 fully saturated rings. The monoisotopic (exact) mass is 326 g/mol. The maximum atomic E-state index is 12.6. The smallest absolute Gasteiger partial charge is 0.261 e. The van der Waals surface area contributed by atoms with Gasteiger partial charge in [-0.25, -0.2) is 4.98 Å². The minimum Gasteiger partial charge on any atom is -0.497 e. The van der Waals surface area contributed by atoms with Gasteiger partial charge in [-0.1, -0.05) is 11.6 Å². The molecule has 2 aromatic heterocycles. The van der Waals surface area contributed by atoms with Crippen molar-refractivity contribution in [2.75, 3.05) is 7.11 Å². The maximum Gasteiger partial charge on any atom is 0.261 e. The van der Waals surface area contributed by atoms with E-state index in [9.17, 15) is 4.79 Å². The van der Waals surface area contributed by atoms with Gasteiger partial charge in [0.05, 0.1) is 24.3 Å². The van der Waals surface area contributed by atoms with Crippen LogP contribution < -0.4 is 10.3 Å². The lowest BCUT2D eigenvalue weighted by atomic mass is 9.85. The largest absolute Gasteiger partial charge is 0.497 e. The molecule has 1 aromatic carbocycles. The molecule has 1 aliphatic carbocycles. The van der Waals surface area contributed by atoms with Crippen LogP contribution in [0, 0.1) is 0 Å². The van der Waals surface area contributed by atoms with Crippen molar-refractivity contribution in [3.05, 3.63) is 46.6 Å². The summed E-state index contributed by atoms with van der Waals surface area (Å²) in [7, 11) is 1.58. The van der Waals surface area contributed by atoms with Crippen molar-refractivity contribution < 1.29 is 9.26 Å². The van der Waals surface area contributed by atoms with Gasteiger partial charge in [-0.05, 0) is 31.0 Å². The quantitative estimate of drug-likeness (QED) is 0.715. The second-order valence-electron chi connectivity index (χ2n) is 6.05. The summed E-state index contributed by atoms with van der Waals surface area (Å²) in [5.41, 5.74) is 0.561. The van der Waals surface area contributed by atoms with E-state index < -0.39 is 0 Å². The number of ether oxygens (including phenoxy) is 1. The van der Waals surface area contributed by atoms with Gasteiger partial charge in [-0.2, -0.15) is 4.98 Å². The van der Waals surface area contributed by atoms with Crippen LogP contribution in [0.5, 0.6) is 5.75 Å². The van der Waals surface area contributed by atoms with Crippen LogP contribution in [0.3, 0.4) is 0 Å². The number of aromatic nitrogens is 4. The first-order chi connectivity index (χ1) is 11.7. The molecule has 0 aliphatic heterocycles. The molecule has 0 atom stereocenters. The minimum absolute atomic E-state index is 0.0957. The SMILES string of the molecule is COc1ccc2ncn(CCc3noc(C4CCC4)n3)c(=O)c2c1. The number of fused-ring (bicyclic) bond motifs is 1. The third-order valence-corrected chi connectivity index (χ3v) is 4.55. The van der Waals surface area contributed by atoms with Gasteiger partial charge >= 0.3 is 0 Å². The topological polar surface area (TPSA) is 83.0 Å². The molecule has 4 rings (SSSR count). The molecule has 2 heterocycles. The highest BCUT2D eigenvalue weighted by molar-refractivity contribution is 5.78. The van der Waals surface area contributed by atoms with Crippen molar-refractivity contribution in [1.29, 1.82) is 0 Å². The van der Waals surface area contributed by atoms with Gasteiger partial charge in [0.15, 0.2) is 5.82 Å². The predicted octanol–water partition coefficient (Wildman–Crippen LogP) is 2.30. The molecule has 0 unspecified atom stereocenters. The zero-order valence-corrected chi connectivity index (χ0v) is 13.4. The van der Waals surface area contributed by atoms with E-state index in [4.69, 9.17) is 9.26 Å². The standard InChI is InChI=1S/C17H18N4O3/c1-23-12-5-6-14-13(9-12)17(22)21(10-18-14)8-7-15-19-16(24-20-15)11-3-2-4-11/h5-6,9-11H,2-4,7-8H2,1H3. The highest BCUT2D eigenvalue weighted by Gasteiger charge is 2.25. The van der Waals surface area contributed by atoms with Crippen molar-refractivity contribution in [1.82, 2.24) is 19.7 Å². The van der Waals surface area contributed by atoms with E-state index in [1.54, 1.807) is 36.2 Å². The molecule has 1 saturated carbocycles. The first kappa shape index (κ1) is 14.9. The molecule has 0 saturated heterocycles. The third kappa shape index (κ3) is 2.66. The second kappa shape index (κ2) is 6.07. The fraction of sp³-hybridized carbons (Fsp3) is 0.412. The van der Waals surface area contributed by atoms with Crippen LogP contribution >= 0.6 is 0 Å². The fourth-order valence-corrected chi connectivity index (χ4v) is 2.83. The molecule has 0 amide bonds. The summed E-state index contributed by atoms with van der Waals surface area (Å²) in [5.74, 6) is 2.42. The molecule has 7 heteroatoms. The summed E-state index contributed by atoms with van der Waals surface area (Å²) in [6.45, 7) is 0.461. The summed E-state index contributed by atoms with van der Waals surface area (Å²) < 4.78 is 12.1. The van der Waals surface area contributed by atoms with Crippen molar-refractivity contribution in [2.45, 2.75) is 38.1 Å². The lowest BCUT2D eigenvalue weighted by Gasteiger charge is -2.20. The molecule has 0 radical (unpaired) electrons. The average molecular weight is 326 g/mol. The normalized spacial score (nSPS) is 14.7. The third-order valence-electron chi connectivity index (χ3n) is 4.55. The van der Waals surface area contributed by atoms with Crippen LogP contribution in [-0.2, 0) is 13.0 Å². The van der Waals surface area contributed by atoms with Gasteiger partial charge in [-0.3, -0.25) is 9.36 Å². The van der Waals surface area contributed by atoms with E-state index in [1.807, 2.05) is 0 Å². The molecule has 3 aromatic rings. The molecule has 0 spiro atoms. The first-order valence-electron chi connectivity index (χ1n) is 8.10. The van der Waals surface area contributed by atoms with Crippen molar-refractivity contribution >= 4 is 10.9 Å². The maximum absolute atomic E-state index is 12.6. The molecule has 124 valence electrons. The van der Waals surface area contributed by atoms with Gasteiger partial charge < -0.3 is 9.26 Å². The Morgan fingerprint density at radius 1 is 1.38 bits per heavy atom. The number of hydrogen-bond acceptors (Lipinski definition) is 6. The van der Waals surface area contributed by atoms with Gasteiger partial charge in [0.1, 0.15) is 5.75 Å². The Hall–Kier alpha value is -2.70. The van der Waals surface area contributed by atoms with Gasteiger partial charge in [-0.15, -0.1) is 0 Å². The van der Waals surface area contributed by atoms with Gasteiger partial charge in [0.25, 0.3) is 5.56 Å². The highest BCUT2D eigenvalue weighted by atomic mass is 16.5. The van der Waals surface area contributed by atoms with E-state index in [2.05, 4.69) is 15.1 Å². The molecular formula is C17H18N4O3. The van der Waals surface area contributed by atoms with Gasteiger partial charge in [0, 0.05) is 18.9 Å². The number of hydrogen-bond donors (Lipinski definition) is 0. The molecule has 7 nitrogen and oxygen atoms in total. The number of rotatable bonds is 5. The molecule has 0 bridgehead atoms. The van der Waals surface area contributed by atoms with Crippen LogP contribution in [0.1, 0.15) is 36.9 Å². The Bertz CT molecular complexity index is 927. The van der Waals surface area contributed by atoms with Crippen LogP contribution in [0.4, 0.5) is 0 Å². The van der Waals surface area contributed by atoms with Crippen LogP contribution in [-0.4, -0.2) is 26.8 Å². The van der Waals surface area contributed by atoms with E-state index >= 15 is 0 Å². The second-order valence-corrected chi connectivity index (χ2v) is 6.05. The van der Waals surface area contributed by atoms with Crippen LogP contribution in [0.15, 0.2) is 33.8 Å². The fourth-order valence-electron chi connectivity index (χ4n) is 2.83. The predicted molar refractivity (Wildman–Crippen MR) is 87.1 cm³/mol. The Labute approximate surface area is 138 Å². The summed E-state index contributed by atoms with van der Waals surface area (Å²) in [5, 5.41) is 4.55. The first-order valence-corrected chi connectivity index (χ1v) is 8.10. The van der Waals surface area contributed by atoms with Crippen LogP contribution in [0.2, 0.25) is 0 Å². The van der Waals surface area contributed by atoms with E-state index in [0.29, 0.717) is 41.4 Å². The number of nitrogens with zero attached hydrogens (tertiary/aromatic N) is 4. The van der Waals surface area contributed by atoms with E-state index in [-0.39, 0.29) is 5.56 Å². The van der Waals surface area contributed by atoms with Crippen molar-refractivity contribution in [2.24, 2.45) is 0 Å². The van der Waals surface area contributed by atoms with Crippen molar-refractivity contribution in [3.8, 4) is 5.75 Å². The van der Waals surface area contributed by atoms with E-state index in [0.717, 1.165) is 18.7 Å². The summed E-state index contributed by atoms with van der Waals surface area (Å²) in [6, 6.07) is 5.29. The lowest BCUT2D eigenvalue weighted by Crippen LogP contribution is -2.21. The summed E-state index contributed by atoms with van der Waals surface area (Å²) in [4.78, 5) is 21.4. The molecule has 24 heavy (non-hydrogen) atoms. The van der Waals surface area contributed by atoms with Gasteiger partial charge in [0.2, 0.25) is 5.89 Å². The molecule has 0 N–H and O–H groups in total. The Morgan fingerprint density at radius 2 is 2.25 bits per heavy atom.